The highest BCUT2D eigenvalue weighted by atomic mass is 16.7. The number of ether oxygens (including phenoxy) is 3. The second-order valence-electron chi connectivity index (χ2n) is 3.55. The summed E-state index contributed by atoms with van der Waals surface area (Å²) < 4.78 is 15.0. The number of anilines is 1. The van der Waals surface area contributed by atoms with Crippen LogP contribution in [-0.4, -0.2) is 26.4 Å². The fourth-order valence-corrected chi connectivity index (χ4v) is 1.61. The maximum absolute atomic E-state index is 11.0. The molecule has 0 radical (unpaired) electrons. The van der Waals surface area contributed by atoms with Gasteiger partial charge in [-0.15, -0.1) is 4.91 Å². The van der Waals surface area contributed by atoms with Crippen molar-refractivity contribution in [1.82, 2.24) is 0 Å². The van der Waals surface area contributed by atoms with Gasteiger partial charge in [0.1, 0.15) is 5.69 Å². The summed E-state index contributed by atoms with van der Waals surface area (Å²) in [5.41, 5.74) is 1.12. The number of rotatable bonds is 3. The lowest BCUT2D eigenvalue weighted by molar-refractivity contribution is -0.0436. The Bertz CT molecular complexity index is 457. The molecule has 0 saturated carbocycles. The highest BCUT2D eigenvalue weighted by Crippen LogP contribution is 2.33. The van der Waals surface area contributed by atoms with Crippen LogP contribution in [0.1, 0.15) is 11.9 Å². The first-order valence-corrected chi connectivity index (χ1v) is 5.30. The molecule has 1 fully saturated rings. The van der Waals surface area contributed by atoms with Crippen LogP contribution >= 0.6 is 0 Å². The van der Waals surface area contributed by atoms with E-state index in [9.17, 15) is 9.70 Å². The van der Waals surface area contributed by atoms with E-state index in [1.807, 2.05) is 0 Å². The lowest BCUT2D eigenvalue weighted by Gasteiger charge is -2.12. The second-order valence-corrected chi connectivity index (χ2v) is 3.55. The standard InChI is InChI=1S/C11H12N2O5/c1-16-11(14)12-7-2-3-8(9(6-7)13-15)10-17-4-5-18-10/h2-3,6,10H,4-5H2,1H3,(H,12,14). The molecule has 1 aliphatic heterocycles. The Morgan fingerprint density at radius 1 is 1.44 bits per heavy atom. The van der Waals surface area contributed by atoms with Crippen molar-refractivity contribution in [2.24, 2.45) is 5.18 Å². The third kappa shape index (κ3) is 2.63. The van der Waals surface area contributed by atoms with E-state index in [0.29, 0.717) is 24.5 Å². The molecule has 0 spiro atoms. The summed E-state index contributed by atoms with van der Waals surface area (Å²) in [6.07, 6.45) is -1.20. The minimum absolute atomic E-state index is 0.163. The van der Waals surface area contributed by atoms with Gasteiger partial charge in [-0.2, -0.15) is 0 Å². The van der Waals surface area contributed by atoms with Crippen LogP contribution in [0.5, 0.6) is 0 Å². The van der Waals surface area contributed by atoms with Gasteiger partial charge in [0.05, 0.1) is 20.3 Å². The van der Waals surface area contributed by atoms with Crippen LogP contribution in [0.25, 0.3) is 0 Å². The van der Waals surface area contributed by atoms with Gasteiger partial charge in [0.2, 0.25) is 0 Å². The molecule has 18 heavy (non-hydrogen) atoms. The Balaban J connectivity index is 2.22. The summed E-state index contributed by atoms with van der Waals surface area (Å²) in [6, 6.07) is 4.67. The minimum Gasteiger partial charge on any atom is -0.453 e. The van der Waals surface area contributed by atoms with Crippen molar-refractivity contribution in [1.29, 1.82) is 0 Å². The molecule has 96 valence electrons. The zero-order valence-electron chi connectivity index (χ0n) is 9.71. The first-order chi connectivity index (χ1) is 8.74. The highest BCUT2D eigenvalue weighted by Gasteiger charge is 2.22. The Labute approximate surface area is 103 Å². The molecule has 0 atom stereocenters. The van der Waals surface area contributed by atoms with Gasteiger partial charge in [0.15, 0.2) is 6.29 Å². The Kier molecular flexibility index (Phi) is 3.85. The van der Waals surface area contributed by atoms with Crippen LogP contribution in [0.4, 0.5) is 16.2 Å². The lowest BCUT2D eigenvalue weighted by Crippen LogP contribution is -2.11. The number of hydrogen-bond acceptors (Lipinski definition) is 6. The van der Waals surface area contributed by atoms with E-state index in [1.54, 1.807) is 12.1 Å². The van der Waals surface area contributed by atoms with Gasteiger partial charge in [-0.1, -0.05) is 0 Å². The predicted octanol–water partition coefficient (Wildman–Crippen LogP) is 2.31. The number of nitrogens with one attached hydrogen (secondary N) is 1. The average Bonchev–Trinajstić information content (AvgIpc) is 2.92. The number of amides is 1. The van der Waals surface area contributed by atoms with Gasteiger partial charge in [0.25, 0.3) is 0 Å². The molecule has 1 amide bonds. The Morgan fingerprint density at radius 3 is 2.78 bits per heavy atom. The van der Waals surface area contributed by atoms with Crippen LogP contribution < -0.4 is 5.32 Å². The summed E-state index contributed by atoms with van der Waals surface area (Å²) in [4.78, 5) is 21.8. The lowest BCUT2D eigenvalue weighted by atomic mass is 10.1. The molecule has 2 rings (SSSR count). The molecule has 1 heterocycles. The average molecular weight is 252 g/mol. The number of carbonyl (C=O) groups excluding carboxylic acids is 1. The molecule has 0 unspecified atom stereocenters. The van der Waals surface area contributed by atoms with Crippen LogP contribution in [0.15, 0.2) is 23.4 Å². The summed E-state index contributed by atoms with van der Waals surface area (Å²) in [5.74, 6) is 0. The molecule has 1 aromatic carbocycles. The number of carbonyl (C=O) groups is 1. The summed E-state index contributed by atoms with van der Waals surface area (Å²) >= 11 is 0. The van der Waals surface area contributed by atoms with Crippen LogP contribution in [0.3, 0.4) is 0 Å². The molecule has 1 aliphatic rings. The fourth-order valence-electron chi connectivity index (χ4n) is 1.61. The van der Waals surface area contributed by atoms with Crippen LogP contribution in [0.2, 0.25) is 0 Å². The molecule has 0 aromatic heterocycles. The van der Waals surface area contributed by atoms with Crippen molar-refractivity contribution in [2.75, 3.05) is 25.6 Å². The maximum atomic E-state index is 11.0. The van der Waals surface area contributed by atoms with E-state index < -0.39 is 12.4 Å². The van der Waals surface area contributed by atoms with Crippen molar-refractivity contribution in [3.63, 3.8) is 0 Å². The van der Waals surface area contributed by atoms with Crippen molar-refractivity contribution in [3.8, 4) is 0 Å². The van der Waals surface area contributed by atoms with E-state index in [2.05, 4.69) is 15.2 Å². The summed E-state index contributed by atoms with van der Waals surface area (Å²) in [5, 5.41) is 5.35. The molecule has 1 N–H and O–H groups in total. The zero-order chi connectivity index (χ0) is 13.0. The zero-order valence-corrected chi connectivity index (χ0v) is 9.71. The van der Waals surface area contributed by atoms with Gasteiger partial charge >= 0.3 is 6.09 Å². The SMILES string of the molecule is COC(=O)Nc1ccc(C2OCCO2)c(N=O)c1. The van der Waals surface area contributed by atoms with E-state index in [4.69, 9.17) is 9.47 Å². The number of methoxy groups -OCH3 is 1. The topological polar surface area (TPSA) is 86.2 Å². The van der Waals surface area contributed by atoms with Gasteiger partial charge in [-0.05, 0) is 23.4 Å². The molecule has 0 aliphatic carbocycles. The minimum atomic E-state index is -0.618. The van der Waals surface area contributed by atoms with Gasteiger partial charge in [0, 0.05) is 11.3 Å². The van der Waals surface area contributed by atoms with Crippen molar-refractivity contribution in [2.45, 2.75) is 6.29 Å². The third-order valence-corrected chi connectivity index (χ3v) is 2.44. The first kappa shape index (κ1) is 12.5. The van der Waals surface area contributed by atoms with Crippen LogP contribution in [-0.2, 0) is 14.2 Å². The molecule has 1 saturated heterocycles. The quantitative estimate of drug-likeness (QED) is 0.834. The second kappa shape index (κ2) is 5.56. The smallest absolute Gasteiger partial charge is 0.411 e. The van der Waals surface area contributed by atoms with Crippen molar-refractivity contribution >= 4 is 17.5 Å². The molecular weight excluding hydrogens is 240 g/mol. The van der Waals surface area contributed by atoms with E-state index in [-0.39, 0.29) is 5.69 Å². The molecular formula is C11H12N2O5. The van der Waals surface area contributed by atoms with Gasteiger partial charge in [-0.25, -0.2) is 4.79 Å². The highest BCUT2D eigenvalue weighted by molar-refractivity contribution is 5.85. The molecule has 0 bridgehead atoms. The van der Waals surface area contributed by atoms with Gasteiger partial charge < -0.3 is 14.2 Å². The largest absolute Gasteiger partial charge is 0.453 e. The van der Waals surface area contributed by atoms with Crippen molar-refractivity contribution in [3.05, 3.63) is 28.7 Å². The monoisotopic (exact) mass is 252 g/mol. The number of hydrogen-bond donors (Lipinski definition) is 1. The number of nitrogens with zero attached hydrogens (tertiary/aromatic N) is 1. The maximum Gasteiger partial charge on any atom is 0.411 e. The molecule has 7 heteroatoms. The molecule has 1 aromatic rings. The normalized spacial score (nSPS) is 15.4. The summed E-state index contributed by atoms with van der Waals surface area (Å²) in [7, 11) is 1.25. The van der Waals surface area contributed by atoms with E-state index >= 15 is 0 Å². The van der Waals surface area contributed by atoms with E-state index in [0.717, 1.165) is 0 Å². The Morgan fingerprint density at radius 2 is 2.17 bits per heavy atom. The number of nitroso groups, excluding NO2 is 1. The Hall–Kier alpha value is -1.99. The summed E-state index contributed by atoms with van der Waals surface area (Å²) in [6.45, 7) is 0.955. The fraction of sp³-hybridized carbons (Fsp3) is 0.364. The van der Waals surface area contributed by atoms with Gasteiger partial charge in [-0.3, -0.25) is 5.32 Å². The first-order valence-electron chi connectivity index (χ1n) is 5.30. The van der Waals surface area contributed by atoms with Crippen LogP contribution in [0, 0.1) is 4.91 Å². The predicted molar refractivity (Wildman–Crippen MR) is 62.6 cm³/mol. The third-order valence-electron chi connectivity index (χ3n) is 2.44. The molecule has 7 nitrogen and oxygen atoms in total. The van der Waals surface area contributed by atoms with Crippen molar-refractivity contribution < 1.29 is 19.0 Å². The van der Waals surface area contributed by atoms with E-state index in [1.165, 1.54) is 13.2 Å². The number of benzene rings is 1.